The topological polar surface area (TPSA) is 0 Å². The Morgan fingerprint density at radius 1 is 1.09 bits per heavy atom. The zero-order valence-corrected chi connectivity index (χ0v) is 6.32. The van der Waals surface area contributed by atoms with Crippen molar-refractivity contribution in [3.63, 3.8) is 0 Å². The molecule has 0 radical (unpaired) electrons. The summed E-state index contributed by atoms with van der Waals surface area (Å²) in [6.45, 7) is 0. The van der Waals surface area contributed by atoms with Crippen molar-refractivity contribution in [2.75, 3.05) is 0 Å². The Hall–Kier alpha value is -0.575. The number of hydrogen-bond donors (Lipinski definition) is 0. The van der Waals surface area contributed by atoms with Gasteiger partial charge >= 0.3 is 64.0 Å². The molecule has 0 aliphatic heterocycles. The molecule has 0 atom stereocenters. The van der Waals surface area contributed by atoms with Crippen LogP contribution in [0.15, 0.2) is 35.2 Å². The zero-order chi connectivity index (χ0) is 8.32. The van der Waals surface area contributed by atoms with Crippen molar-refractivity contribution in [2.45, 2.75) is 4.90 Å². The summed E-state index contributed by atoms with van der Waals surface area (Å²) in [5.74, 6) is 0. The van der Waals surface area contributed by atoms with Gasteiger partial charge in [0.15, 0.2) is 0 Å². The molecule has 1 aromatic rings. The van der Waals surface area contributed by atoms with E-state index in [1.807, 2.05) is 0 Å². The summed E-state index contributed by atoms with van der Waals surface area (Å²) in [6.07, 6.45) is -0.525. The first-order valence-electron chi connectivity index (χ1n) is 2.88. The summed E-state index contributed by atoms with van der Waals surface area (Å²) in [5.41, 5.74) is 0. The fourth-order valence-electron chi connectivity index (χ4n) is 0.653. The third-order valence-corrected chi connectivity index (χ3v) is 2.29. The third kappa shape index (κ3) is 1.93. The number of halogens is 3. The molecule has 0 unspecified atom stereocenters. The Labute approximate surface area is 64.7 Å². The van der Waals surface area contributed by atoms with Crippen molar-refractivity contribution in [1.29, 1.82) is 0 Å². The molecule has 0 fully saturated rings. The molecule has 1 rings (SSSR count). The Kier molecular flexibility index (Phi) is 2.49. The van der Waals surface area contributed by atoms with Crippen LogP contribution in [-0.2, 0) is 10.2 Å². The van der Waals surface area contributed by atoms with Gasteiger partial charge in [0.05, 0.1) is 0 Å². The second-order valence-electron chi connectivity index (χ2n) is 1.91. The van der Waals surface area contributed by atoms with Gasteiger partial charge in [-0.15, -0.1) is 0 Å². The predicted octanol–water partition coefficient (Wildman–Crippen LogP) is 2.47. The molecular weight excluding hydrogens is 172 g/mol. The van der Waals surface area contributed by atoms with Gasteiger partial charge in [0, 0.05) is 0 Å². The first-order valence-corrected chi connectivity index (χ1v) is 4.37. The van der Waals surface area contributed by atoms with Crippen LogP contribution in [0, 0.1) is 0 Å². The Balaban J connectivity index is 3.14. The van der Waals surface area contributed by atoms with E-state index < -0.39 is 16.7 Å². The molecule has 11 heavy (non-hydrogen) atoms. The molecule has 0 aliphatic carbocycles. The monoisotopic (exact) mass is 177 g/mol. The number of hydrogen-bond acceptors (Lipinski definition) is 0. The van der Waals surface area contributed by atoms with Gasteiger partial charge in [0.2, 0.25) is 0 Å². The fraction of sp³-hybridized carbons (Fsp3) is 0. The minimum atomic E-state index is -4.29. The maximum atomic E-state index is 12.5. The average molecular weight is 177 g/mol. The van der Waals surface area contributed by atoms with Crippen LogP contribution in [0.3, 0.4) is 0 Å². The van der Waals surface area contributed by atoms with Crippen LogP contribution in [0.2, 0.25) is 0 Å². The van der Waals surface area contributed by atoms with E-state index in [1.54, 1.807) is 6.07 Å². The SMILES string of the molecule is FB=[S+](F)(F)c1ccccc1. The molecule has 1 aromatic carbocycles. The Bertz CT molecular complexity index is 279. The van der Waals surface area contributed by atoms with Crippen molar-refractivity contribution in [1.82, 2.24) is 0 Å². The molecule has 0 saturated carbocycles. The summed E-state index contributed by atoms with van der Waals surface area (Å²) in [6, 6.07) is 6.95. The van der Waals surface area contributed by atoms with E-state index >= 15 is 0 Å². The summed E-state index contributed by atoms with van der Waals surface area (Å²) in [7, 11) is -4.29. The summed E-state index contributed by atoms with van der Waals surface area (Å²) in [5, 5.41) is 0. The van der Waals surface area contributed by atoms with Gasteiger partial charge in [-0.05, 0) is 0 Å². The maximum absolute atomic E-state index is 12.5. The van der Waals surface area contributed by atoms with Crippen LogP contribution in [-0.4, -0.2) is 6.43 Å². The minimum absolute atomic E-state index is 0.248. The van der Waals surface area contributed by atoms with Crippen molar-refractivity contribution >= 4 is 16.7 Å². The van der Waals surface area contributed by atoms with Gasteiger partial charge in [0.1, 0.15) is 0 Å². The van der Waals surface area contributed by atoms with E-state index in [9.17, 15) is 12.1 Å². The van der Waals surface area contributed by atoms with Gasteiger partial charge in [-0.3, -0.25) is 0 Å². The van der Waals surface area contributed by atoms with Crippen molar-refractivity contribution in [3.05, 3.63) is 30.3 Å². The van der Waals surface area contributed by atoms with Gasteiger partial charge in [0.25, 0.3) is 0 Å². The van der Waals surface area contributed by atoms with Gasteiger partial charge in [-0.25, -0.2) is 0 Å². The van der Waals surface area contributed by atoms with E-state index in [2.05, 4.69) is 0 Å². The summed E-state index contributed by atoms with van der Waals surface area (Å²) < 4.78 is 36.7. The van der Waals surface area contributed by atoms with Crippen LogP contribution in [0.25, 0.3) is 0 Å². The normalized spacial score (nSPS) is 10.8. The third-order valence-electron chi connectivity index (χ3n) is 1.17. The standard InChI is InChI=1S/C6H5BF3S/c8-7-11(9,10)6-4-2-1-3-5-6/h1-5H/q+1. The quantitative estimate of drug-likeness (QED) is 0.456. The number of rotatable bonds is 1. The van der Waals surface area contributed by atoms with Gasteiger partial charge in [-0.1, -0.05) is 0 Å². The Morgan fingerprint density at radius 2 is 1.64 bits per heavy atom. The second-order valence-corrected chi connectivity index (χ2v) is 3.58. The average Bonchev–Trinajstić information content (AvgIpc) is 2.06. The molecule has 0 spiro atoms. The fourth-order valence-corrected chi connectivity index (χ4v) is 1.28. The van der Waals surface area contributed by atoms with Crippen LogP contribution < -0.4 is 0 Å². The van der Waals surface area contributed by atoms with Gasteiger partial charge in [-0.2, -0.15) is 0 Å². The molecule has 0 heterocycles. The van der Waals surface area contributed by atoms with Crippen LogP contribution in [0.5, 0.6) is 0 Å². The molecule has 0 N–H and O–H groups in total. The van der Waals surface area contributed by atoms with Crippen molar-refractivity contribution in [2.24, 2.45) is 0 Å². The molecule has 58 valence electrons. The molecule has 0 aromatic heterocycles. The number of benzene rings is 1. The first-order chi connectivity index (χ1) is 5.17. The van der Waals surface area contributed by atoms with E-state index in [-0.39, 0.29) is 4.90 Å². The van der Waals surface area contributed by atoms with E-state index in [0.29, 0.717) is 0 Å². The van der Waals surface area contributed by atoms with E-state index in [0.717, 1.165) is 0 Å². The molecule has 5 heteroatoms. The molecular formula is C6H5BF3S+. The van der Waals surface area contributed by atoms with Crippen LogP contribution >= 0.6 is 0 Å². The molecule has 0 bridgehead atoms. The molecule has 0 aliphatic rings. The van der Waals surface area contributed by atoms with E-state index in [4.69, 9.17) is 0 Å². The molecule has 0 saturated heterocycles. The predicted molar refractivity (Wildman–Crippen MR) is 41.2 cm³/mol. The zero-order valence-electron chi connectivity index (χ0n) is 5.51. The molecule has 0 amide bonds. The van der Waals surface area contributed by atoms with E-state index in [1.165, 1.54) is 24.3 Å². The Morgan fingerprint density at radius 3 is 2.09 bits per heavy atom. The molecule has 0 nitrogen and oxygen atoms in total. The van der Waals surface area contributed by atoms with Crippen molar-refractivity contribution in [3.8, 4) is 0 Å². The van der Waals surface area contributed by atoms with Crippen LogP contribution in [0.4, 0.5) is 12.1 Å². The van der Waals surface area contributed by atoms with Crippen molar-refractivity contribution < 1.29 is 12.1 Å². The summed E-state index contributed by atoms with van der Waals surface area (Å²) >= 11 is 0. The first kappa shape index (κ1) is 8.52. The van der Waals surface area contributed by atoms with Crippen LogP contribution in [0.1, 0.15) is 0 Å². The van der Waals surface area contributed by atoms with Gasteiger partial charge < -0.3 is 0 Å². The summed E-state index contributed by atoms with van der Waals surface area (Å²) in [4.78, 5) is -0.248. The second kappa shape index (κ2) is 3.22.